The van der Waals surface area contributed by atoms with Crippen LogP contribution < -0.4 is 5.32 Å². The number of rotatable bonds is 7. The molecule has 0 unspecified atom stereocenters. The summed E-state index contributed by atoms with van der Waals surface area (Å²) >= 11 is 0. The minimum atomic E-state index is -4.41. The van der Waals surface area contributed by atoms with Gasteiger partial charge >= 0.3 is 6.18 Å². The van der Waals surface area contributed by atoms with Crippen LogP contribution in [-0.2, 0) is 11.3 Å². The highest BCUT2D eigenvalue weighted by Crippen LogP contribution is 2.20. The third kappa shape index (κ3) is 5.24. The van der Waals surface area contributed by atoms with Crippen molar-refractivity contribution in [1.29, 1.82) is 0 Å². The van der Waals surface area contributed by atoms with E-state index in [1.54, 1.807) is 12.1 Å². The van der Waals surface area contributed by atoms with Crippen LogP contribution in [0.2, 0.25) is 0 Å². The van der Waals surface area contributed by atoms with Gasteiger partial charge in [0, 0.05) is 19.0 Å². The number of carbonyl (C=O) groups is 1. The largest absolute Gasteiger partial charge is 0.467 e. The highest BCUT2D eigenvalue weighted by molar-refractivity contribution is 5.76. The summed E-state index contributed by atoms with van der Waals surface area (Å²) in [5.41, 5.74) is 0. The van der Waals surface area contributed by atoms with Crippen molar-refractivity contribution in [2.24, 2.45) is 0 Å². The highest BCUT2D eigenvalue weighted by Gasteiger charge is 2.33. The minimum absolute atomic E-state index is 0.0628. The molecule has 1 aliphatic carbocycles. The number of amides is 1. The van der Waals surface area contributed by atoms with Crippen molar-refractivity contribution in [2.75, 3.05) is 13.1 Å². The quantitative estimate of drug-likeness (QED) is 0.838. The molecule has 4 nitrogen and oxygen atoms in total. The van der Waals surface area contributed by atoms with Crippen LogP contribution in [0, 0.1) is 0 Å². The van der Waals surface area contributed by atoms with E-state index in [1.165, 1.54) is 6.26 Å². The van der Waals surface area contributed by atoms with Gasteiger partial charge in [-0.3, -0.25) is 4.79 Å². The fourth-order valence-electron chi connectivity index (χ4n) is 1.87. The Morgan fingerprint density at radius 3 is 2.75 bits per heavy atom. The van der Waals surface area contributed by atoms with E-state index in [0.29, 0.717) is 18.3 Å². The van der Waals surface area contributed by atoms with Crippen molar-refractivity contribution >= 4 is 5.91 Å². The Morgan fingerprint density at radius 1 is 1.45 bits per heavy atom. The Bertz CT molecular complexity index is 427. The Kier molecular flexibility index (Phi) is 4.69. The lowest BCUT2D eigenvalue weighted by Crippen LogP contribution is -2.39. The zero-order chi connectivity index (χ0) is 14.6. The number of alkyl halides is 3. The Balaban J connectivity index is 1.87. The molecule has 0 bridgehead atoms. The maximum Gasteiger partial charge on any atom is 0.406 e. The number of halogens is 3. The molecule has 1 N–H and O–H groups in total. The van der Waals surface area contributed by atoms with Crippen molar-refractivity contribution in [3.63, 3.8) is 0 Å². The Labute approximate surface area is 114 Å². The first-order valence-corrected chi connectivity index (χ1v) is 6.54. The maximum absolute atomic E-state index is 12.5. The van der Waals surface area contributed by atoms with Crippen molar-refractivity contribution in [2.45, 2.75) is 38.0 Å². The van der Waals surface area contributed by atoms with Gasteiger partial charge in [0.05, 0.1) is 12.8 Å². The van der Waals surface area contributed by atoms with E-state index in [1.807, 2.05) is 0 Å². The molecule has 0 aromatic carbocycles. The fraction of sp³-hybridized carbons (Fsp3) is 0.615. The summed E-state index contributed by atoms with van der Waals surface area (Å²) in [5.74, 6) is -0.176. The molecule has 7 heteroatoms. The zero-order valence-electron chi connectivity index (χ0n) is 10.9. The third-order valence-corrected chi connectivity index (χ3v) is 3.00. The smallest absolute Gasteiger partial charge is 0.406 e. The molecular formula is C13H17F3N2O2. The molecule has 0 spiro atoms. The predicted molar refractivity (Wildman–Crippen MR) is 65.8 cm³/mol. The van der Waals surface area contributed by atoms with E-state index in [0.717, 1.165) is 17.7 Å². The molecule has 1 aliphatic rings. The van der Waals surface area contributed by atoms with Crippen molar-refractivity contribution in [3.05, 3.63) is 24.2 Å². The lowest BCUT2D eigenvalue weighted by molar-refractivity contribution is -0.162. The van der Waals surface area contributed by atoms with Gasteiger partial charge in [0.1, 0.15) is 12.3 Å². The average Bonchev–Trinajstić information content (AvgIpc) is 3.02. The van der Waals surface area contributed by atoms with E-state index < -0.39 is 18.6 Å². The number of nitrogens with one attached hydrogen (secondary N) is 1. The van der Waals surface area contributed by atoms with Crippen LogP contribution >= 0.6 is 0 Å². The molecular weight excluding hydrogens is 273 g/mol. The maximum atomic E-state index is 12.5. The van der Waals surface area contributed by atoms with Gasteiger partial charge in [-0.05, 0) is 25.0 Å². The van der Waals surface area contributed by atoms with Gasteiger partial charge in [0.25, 0.3) is 0 Å². The summed E-state index contributed by atoms with van der Waals surface area (Å²) in [5, 5.41) is 3.11. The second kappa shape index (κ2) is 6.30. The number of nitrogens with zero attached hydrogens (tertiary/aromatic N) is 1. The SMILES string of the molecule is O=C(CCNC1CC1)N(Cc1ccco1)CC(F)(F)F. The molecule has 1 saturated carbocycles. The molecule has 0 aliphatic heterocycles. The highest BCUT2D eigenvalue weighted by atomic mass is 19.4. The van der Waals surface area contributed by atoms with Gasteiger partial charge < -0.3 is 14.6 Å². The second-order valence-corrected chi connectivity index (χ2v) is 4.92. The predicted octanol–water partition coefficient (Wildman–Crippen LogP) is 2.31. The molecule has 1 aromatic rings. The molecule has 0 saturated heterocycles. The molecule has 1 fully saturated rings. The van der Waals surface area contributed by atoms with E-state index in [2.05, 4.69) is 5.32 Å². The molecule has 112 valence electrons. The van der Waals surface area contributed by atoms with Gasteiger partial charge in [0.2, 0.25) is 5.91 Å². The number of hydrogen-bond acceptors (Lipinski definition) is 3. The molecule has 1 heterocycles. The summed E-state index contributed by atoms with van der Waals surface area (Å²) in [4.78, 5) is 12.7. The van der Waals surface area contributed by atoms with E-state index in [-0.39, 0.29) is 13.0 Å². The fourth-order valence-corrected chi connectivity index (χ4v) is 1.87. The van der Waals surface area contributed by atoms with E-state index >= 15 is 0 Å². The molecule has 2 rings (SSSR count). The lowest BCUT2D eigenvalue weighted by atomic mass is 10.3. The molecule has 1 amide bonds. The van der Waals surface area contributed by atoms with E-state index in [4.69, 9.17) is 4.42 Å². The molecule has 1 aromatic heterocycles. The normalized spacial score (nSPS) is 15.3. The summed E-state index contributed by atoms with van der Waals surface area (Å²) < 4.78 is 42.5. The number of carbonyl (C=O) groups excluding carboxylic acids is 1. The summed E-state index contributed by atoms with van der Waals surface area (Å²) in [6.07, 6.45) is -0.820. The van der Waals surface area contributed by atoms with Crippen LogP contribution in [0.25, 0.3) is 0 Å². The first-order chi connectivity index (χ1) is 9.44. The zero-order valence-corrected chi connectivity index (χ0v) is 10.9. The molecule has 20 heavy (non-hydrogen) atoms. The summed E-state index contributed by atoms with van der Waals surface area (Å²) in [7, 11) is 0. The van der Waals surface area contributed by atoms with Gasteiger partial charge in [-0.2, -0.15) is 13.2 Å². The monoisotopic (exact) mass is 290 g/mol. The van der Waals surface area contributed by atoms with Crippen LogP contribution in [0.4, 0.5) is 13.2 Å². The van der Waals surface area contributed by atoms with Crippen molar-refractivity contribution in [1.82, 2.24) is 10.2 Å². The van der Waals surface area contributed by atoms with Gasteiger partial charge in [-0.25, -0.2) is 0 Å². The topological polar surface area (TPSA) is 45.5 Å². The van der Waals surface area contributed by atoms with Gasteiger partial charge in [-0.15, -0.1) is 0 Å². The summed E-state index contributed by atoms with van der Waals surface area (Å²) in [6.45, 7) is -0.999. The van der Waals surface area contributed by atoms with Crippen LogP contribution in [0.5, 0.6) is 0 Å². The van der Waals surface area contributed by atoms with Crippen LogP contribution in [0.15, 0.2) is 22.8 Å². The lowest BCUT2D eigenvalue weighted by Gasteiger charge is -2.23. The number of furan rings is 1. The molecule has 0 atom stereocenters. The Morgan fingerprint density at radius 2 is 2.20 bits per heavy atom. The van der Waals surface area contributed by atoms with Crippen molar-refractivity contribution in [3.8, 4) is 0 Å². The van der Waals surface area contributed by atoms with Gasteiger partial charge in [-0.1, -0.05) is 0 Å². The Hall–Kier alpha value is -1.50. The van der Waals surface area contributed by atoms with Crippen LogP contribution in [0.1, 0.15) is 25.0 Å². The van der Waals surface area contributed by atoms with E-state index in [9.17, 15) is 18.0 Å². The second-order valence-electron chi connectivity index (χ2n) is 4.92. The minimum Gasteiger partial charge on any atom is -0.467 e. The van der Waals surface area contributed by atoms with Crippen molar-refractivity contribution < 1.29 is 22.4 Å². The first-order valence-electron chi connectivity index (χ1n) is 6.54. The average molecular weight is 290 g/mol. The molecule has 0 radical (unpaired) electrons. The third-order valence-electron chi connectivity index (χ3n) is 3.00. The first kappa shape index (κ1) is 14.9. The van der Waals surface area contributed by atoms with Crippen LogP contribution in [-0.4, -0.2) is 36.1 Å². The number of hydrogen-bond donors (Lipinski definition) is 1. The van der Waals surface area contributed by atoms with Crippen LogP contribution in [0.3, 0.4) is 0 Å². The standard InChI is InChI=1S/C13H17F3N2O2/c14-13(15,16)9-18(8-11-2-1-7-20-11)12(19)5-6-17-10-3-4-10/h1-2,7,10,17H,3-6,8-9H2. The summed E-state index contributed by atoms with van der Waals surface area (Å²) in [6, 6.07) is 3.57. The van der Waals surface area contributed by atoms with Gasteiger partial charge in [0.15, 0.2) is 0 Å².